The Morgan fingerprint density at radius 3 is 1.02 bits per heavy atom. The van der Waals surface area contributed by atoms with Gasteiger partial charge in [-0.25, -0.2) is 0 Å². The summed E-state index contributed by atoms with van der Waals surface area (Å²) < 4.78 is 16.8. The number of carbonyl (C=O) groups is 3. The van der Waals surface area contributed by atoms with Crippen molar-refractivity contribution < 1.29 is 28.6 Å². The topological polar surface area (TPSA) is 78.9 Å². The zero-order chi connectivity index (χ0) is 45.1. The molecule has 358 valence electrons. The molecule has 0 aromatic rings. The molecule has 0 aromatic carbocycles. The summed E-state index contributed by atoms with van der Waals surface area (Å²) in [4.78, 5) is 38.0. The molecule has 0 aliphatic rings. The zero-order valence-electron chi connectivity index (χ0n) is 40.9. The van der Waals surface area contributed by atoms with Gasteiger partial charge in [-0.2, -0.15) is 0 Å². The quantitative estimate of drug-likeness (QED) is 0.0262. The van der Waals surface area contributed by atoms with E-state index >= 15 is 0 Å². The van der Waals surface area contributed by atoms with Crippen LogP contribution in [0, 0.1) is 0 Å². The largest absolute Gasteiger partial charge is 0.462 e. The Hall–Kier alpha value is -2.89. The summed E-state index contributed by atoms with van der Waals surface area (Å²) in [5, 5.41) is 0. The number of rotatable bonds is 47. The predicted molar refractivity (Wildman–Crippen MR) is 265 cm³/mol. The summed E-state index contributed by atoms with van der Waals surface area (Å²) in [6, 6.07) is 0. The average molecular weight is 867 g/mol. The maximum Gasteiger partial charge on any atom is 0.306 e. The van der Waals surface area contributed by atoms with E-state index in [0.717, 1.165) is 103 Å². The minimum atomic E-state index is -0.781. The van der Waals surface area contributed by atoms with Gasteiger partial charge in [0.1, 0.15) is 13.2 Å². The van der Waals surface area contributed by atoms with Crippen LogP contribution in [0.3, 0.4) is 0 Å². The van der Waals surface area contributed by atoms with Gasteiger partial charge in [0.05, 0.1) is 0 Å². The highest BCUT2D eigenvalue weighted by Gasteiger charge is 2.19. The number of unbranched alkanes of at least 4 members (excludes halogenated alkanes) is 26. The normalized spacial score (nSPS) is 12.5. The van der Waals surface area contributed by atoms with E-state index in [9.17, 15) is 14.4 Å². The van der Waals surface area contributed by atoms with E-state index in [-0.39, 0.29) is 31.1 Å². The van der Waals surface area contributed by atoms with E-state index in [4.69, 9.17) is 14.2 Å². The van der Waals surface area contributed by atoms with Crippen LogP contribution in [0.5, 0.6) is 0 Å². The van der Waals surface area contributed by atoms with Gasteiger partial charge >= 0.3 is 17.9 Å². The van der Waals surface area contributed by atoms with Gasteiger partial charge in [-0.15, -0.1) is 0 Å². The predicted octanol–water partition coefficient (Wildman–Crippen LogP) is 17.3. The first-order valence-corrected chi connectivity index (χ1v) is 26.3. The molecule has 0 rings (SSSR count). The van der Waals surface area contributed by atoms with Gasteiger partial charge in [-0.3, -0.25) is 14.4 Å². The van der Waals surface area contributed by atoms with Crippen LogP contribution in [0.1, 0.15) is 258 Å². The van der Waals surface area contributed by atoms with Crippen LogP contribution in [0.2, 0.25) is 0 Å². The lowest BCUT2D eigenvalue weighted by molar-refractivity contribution is -0.167. The van der Waals surface area contributed by atoms with Gasteiger partial charge in [0.2, 0.25) is 0 Å². The van der Waals surface area contributed by atoms with Gasteiger partial charge < -0.3 is 14.2 Å². The minimum absolute atomic E-state index is 0.0802. The second-order valence-corrected chi connectivity index (χ2v) is 17.4. The van der Waals surface area contributed by atoms with Crippen LogP contribution in [0.4, 0.5) is 0 Å². The van der Waals surface area contributed by atoms with E-state index in [1.54, 1.807) is 0 Å². The van der Waals surface area contributed by atoms with Crippen molar-refractivity contribution in [1.82, 2.24) is 0 Å². The summed E-state index contributed by atoms with van der Waals surface area (Å²) in [6.45, 7) is 6.50. The standard InChI is InChI=1S/C56H98O6/c1-4-7-10-13-16-19-22-25-26-27-28-29-30-32-34-37-40-43-46-49-55(58)61-52-53(51-60-54(57)48-45-42-39-36-33-24-21-18-15-12-9-6-3)62-56(59)50-47-44-41-38-35-31-23-20-17-14-11-8-5-2/h7,10,16,19-20,23,25-26,28-29,53H,4-6,8-9,11-15,17-18,21-22,24,27,30-52H2,1-3H3/b10-7-,19-16-,23-20-,26-25-,29-28-. The molecular formula is C56H98O6. The fourth-order valence-corrected chi connectivity index (χ4v) is 7.31. The van der Waals surface area contributed by atoms with Crippen molar-refractivity contribution in [2.75, 3.05) is 13.2 Å². The molecule has 1 unspecified atom stereocenters. The summed E-state index contributed by atoms with van der Waals surface area (Å²) >= 11 is 0. The van der Waals surface area contributed by atoms with Gasteiger partial charge in [-0.05, 0) is 83.5 Å². The monoisotopic (exact) mass is 867 g/mol. The van der Waals surface area contributed by atoms with Crippen LogP contribution in [0.25, 0.3) is 0 Å². The fraction of sp³-hybridized carbons (Fsp3) is 0.768. The molecule has 0 aliphatic carbocycles. The molecule has 1 atom stereocenters. The van der Waals surface area contributed by atoms with Gasteiger partial charge in [0.25, 0.3) is 0 Å². The Kier molecular flexibility index (Phi) is 48.4. The third-order valence-corrected chi connectivity index (χ3v) is 11.3. The molecule has 0 radical (unpaired) electrons. The second kappa shape index (κ2) is 50.8. The highest BCUT2D eigenvalue weighted by atomic mass is 16.6. The molecule has 0 saturated carbocycles. The summed E-state index contributed by atoms with van der Waals surface area (Å²) in [6.07, 6.45) is 62.0. The van der Waals surface area contributed by atoms with E-state index in [0.29, 0.717) is 19.3 Å². The zero-order valence-corrected chi connectivity index (χ0v) is 40.9. The molecule has 0 saturated heterocycles. The molecule has 0 amide bonds. The van der Waals surface area contributed by atoms with Crippen molar-refractivity contribution in [1.29, 1.82) is 0 Å². The Bertz CT molecular complexity index is 1130. The summed E-state index contributed by atoms with van der Waals surface area (Å²) in [7, 11) is 0. The van der Waals surface area contributed by atoms with Gasteiger partial charge in [-0.1, -0.05) is 216 Å². The third-order valence-electron chi connectivity index (χ3n) is 11.3. The van der Waals surface area contributed by atoms with Crippen molar-refractivity contribution in [3.05, 3.63) is 60.8 Å². The molecule has 0 heterocycles. The van der Waals surface area contributed by atoms with Crippen molar-refractivity contribution in [3.8, 4) is 0 Å². The first-order chi connectivity index (χ1) is 30.5. The molecule has 0 spiro atoms. The lowest BCUT2D eigenvalue weighted by Gasteiger charge is -2.18. The molecule has 0 N–H and O–H groups in total. The molecule has 0 aromatic heterocycles. The number of allylic oxidation sites excluding steroid dienone is 10. The van der Waals surface area contributed by atoms with Crippen LogP contribution >= 0.6 is 0 Å². The summed E-state index contributed by atoms with van der Waals surface area (Å²) in [5.41, 5.74) is 0. The van der Waals surface area contributed by atoms with Crippen LogP contribution in [0.15, 0.2) is 60.8 Å². The maximum absolute atomic E-state index is 12.8. The lowest BCUT2D eigenvalue weighted by atomic mass is 10.0. The third kappa shape index (κ3) is 48.1. The van der Waals surface area contributed by atoms with Crippen LogP contribution in [-0.4, -0.2) is 37.2 Å². The van der Waals surface area contributed by atoms with E-state index in [1.807, 2.05) is 0 Å². The van der Waals surface area contributed by atoms with E-state index in [2.05, 4.69) is 81.5 Å². The van der Waals surface area contributed by atoms with Crippen LogP contribution in [-0.2, 0) is 28.6 Å². The molecular weight excluding hydrogens is 769 g/mol. The number of hydrogen-bond donors (Lipinski definition) is 0. The van der Waals surface area contributed by atoms with Crippen LogP contribution < -0.4 is 0 Å². The Labute approximate surface area is 383 Å². The van der Waals surface area contributed by atoms with E-state index < -0.39 is 6.10 Å². The summed E-state index contributed by atoms with van der Waals surface area (Å²) in [5.74, 6) is -0.898. The Morgan fingerprint density at radius 2 is 0.629 bits per heavy atom. The molecule has 0 bridgehead atoms. The number of ether oxygens (including phenoxy) is 3. The average Bonchev–Trinajstić information content (AvgIpc) is 3.27. The van der Waals surface area contributed by atoms with Crippen molar-refractivity contribution in [2.45, 2.75) is 264 Å². The Morgan fingerprint density at radius 1 is 0.339 bits per heavy atom. The van der Waals surface area contributed by atoms with Gasteiger partial charge in [0.15, 0.2) is 6.10 Å². The smallest absolute Gasteiger partial charge is 0.306 e. The van der Waals surface area contributed by atoms with Crippen molar-refractivity contribution in [2.24, 2.45) is 0 Å². The van der Waals surface area contributed by atoms with Gasteiger partial charge in [0, 0.05) is 19.3 Å². The maximum atomic E-state index is 12.8. The highest BCUT2D eigenvalue weighted by Crippen LogP contribution is 2.15. The number of carbonyl (C=O) groups excluding carboxylic acids is 3. The van der Waals surface area contributed by atoms with Crippen molar-refractivity contribution >= 4 is 17.9 Å². The molecule has 0 fully saturated rings. The number of hydrogen-bond acceptors (Lipinski definition) is 6. The second-order valence-electron chi connectivity index (χ2n) is 17.4. The first kappa shape index (κ1) is 59.1. The highest BCUT2D eigenvalue weighted by molar-refractivity contribution is 5.71. The Balaban J connectivity index is 4.37. The molecule has 0 aliphatic heterocycles. The first-order valence-electron chi connectivity index (χ1n) is 26.3. The SMILES string of the molecule is CC/C=C\C/C=C\C/C=C\C/C=C\CCCCCCCCC(=O)OCC(COC(=O)CCCCCCCCCCCCCC)OC(=O)CCCCCCC/C=C\CCCCCC. The van der Waals surface area contributed by atoms with E-state index in [1.165, 1.54) is 116 Å². The fourth-order valence-electron chi connectivity index (χ4n) is 7.31. The molecule has 6 heteroatoms. The molecule has 62 heavy (non-hydrogen) atoms. The molecule has 6 nitrogen and oxygen atoms in total. The van der Waals surface area contributed by atoms with Crippen molar-refractivity contribution in [3.63, 3.8) is 0 Å². The number of esters is 3. The lowest BCUT2D eigenvalue weighted by Crippen LogP contribution is -2.30. The minimum Gasteiger partial charge on any atom is -0.462 e.